The van der Waals surface area contributed by atoms with Crippen LogP contribution in [0.15, 0.2) is 0 Å². The Balaban J connectivity index is 1.91. The minimum atomic E-state index is -0.980. The van der Waals surface area contributed by atoms with Crippen molar-refractivity contribution >= 4 is 17.3 Å². The Labute approximate surface area is 121 Å². The van der Waals surface area contributed by atoms with Crippen LogP contribution in [0, 0.1) is 0 Å². The molecule has 0 spiro atoms. The molecule has 110 valence electrons. The molecular weight excluding hydrogens is 258 g/mol. The van der Waals surface area contributed by atoms with E-state index in [9.17, 15) is 5.11 Å². The van der Waals surface area contributed by atoms with Gasteiger partial charge in [0.2, 0.25) is 0 Å². The normalized spacial score (nSPS) is 23.9. The van der Waals surface area contributed by atoms with Crippen LogP contribution in [0.5, 0.6) is 0 Å². The van der Waals surface area contributed by atoms with Crippen molar-refractivity contribution in [2.24, 2.45) is 5.73 Å². The van der Waals surface area contributed by atoms with Gasteiger partial charge in [0.05, 0.1) is 0 Å². The van der Waals surface area contributed by atoms with Crippen molar-refractivity contribution in [1.29, 1.82) is 0 Å². The second-order valence-corrected chi connectivity index (χ2v) is 6.28. The van der Waals surface area contributed by atoms with Crippen LogP contribution in [0.25, 0.3) is 0 Å². The summed E-state index contributed by atoms with van der Waals surface area (Å²) in [6.07, 6.45) is 11.1. The molecule has 5 heteroatoms. The molecule has 0 aromatic carbocycles. The monoisotopic (exact) mass is 285 g/mol. The van der Waals surface area contributed by atoms with Crippen LogP contribution < -0.4 is 11.1 Å². The number of rotatable bonds is 3. The lowest BCUT2D eigenvalue weighted by Gasteiger charge is -2.39. The number of hydrogen-bond donors (Lipinski definition) is 3. The van der Waals surface area contributed by atoms with E-state index in [0.29, 0.717) is 17.2 Å². The van der Waals surface area contributed by atoms with E-state index in [1.54, 1.807) is 0 Å². The van der Waals surface area contributed by atoms with E-state index in [4.69, 9.17) is 18.0 Å². The van der Waals surface area contributed by atoms with Crippen molar-refractivity contribution in [2.75, 3.05) is 0 Å². The Morgan fingerprint density at radius 2 is 1.58 bits per heavy atom. The number of hydrogen-bond acceptors (Lipinski definition) is 3. The van der Waals surface area contributed by atoms with Crippen molar-refractivity contribution in [3.05, 3.63) is 0 Å². The SMILES string of the molecule is NC(O)N(C(=S)NC1CCCCC1)C1CCCCC1. The number of aliphatic hydroxyl groups excluding tert-OH is 1. The number of thiocarbonyl (C=S) groups is 1. The van der Waals surface area contributed by atoms with Crippen LogP contribution >= 0.6 is 12.2 Å². The summed E-state index contributed by atoms with van der Waals surface area (Å²) in [4.78, 5) is 1.82. The number of nitrogens with one attached hydrogen (secondary N) is 1. The van der Waals surface area contributed by atoms with Gasteiger partial charge in [0.25, 0.3) is 0 Å². The Morgan fingerprint density at radius 1 is 1.05 bits per heavy atom. The van der Waals surface area contributed by atoms with E-state index < -0.39 is 6.35 Å². The first-order chi connectivity index (χ1) is 9.18. The lowest BCUT2D eigenvalue weighted by molar-refractivity contribution is 0.0213. The zero-order chi connectivity index (χ0) is 13.7. The fraction of sp³-hybridized carbons (Fsp3) is 0.929. The minimum Gasteiger partial charge on any atom is -0.361 e. The minimum absolute atomic E-state index is 0.303. The van der Waals surface area contributed by atoms with Crippen LogP contribution in [-0.4, -0.2) is 33.6 Å². The average Bonchev–Trinajstić information content (AvgIpc) is 2.40. The fourth-order valence-corrected chi connectivity index (χ4v) is 3.78. The van der Waals surface area contributed by atoms with E-state index in [1.807, 2.05) is 4.90 Å². The first-order valence-electron chi connectivity index (χ1n) is 7.71. The molecule has 0 aliphatic heterocycles. The largest absolute Gasteiger partial charge is 0.361 e. The first-order valence-corrected chi connectivity index (χ1v) is 8.12. The molecule has 0 aromatic heterocycles. The predicted molar refractivity (Wildman–Crippen MR) is 81.5 cm³/mol. The molecule has 2 fully saturated rings. The van der Waals surface area contributed by atoms with Gasteiger partial charge in [-0.25, -0.2) is 0 Å². The molecule has 1 unspecified atom stereocenters. The van der Waals surface area contributed by atoms with Crippen molar-refractivity contribution in [1.82, 2.24) is 10.2 Å². The van der Waals surface area contributed by atoms with Crippen LogP contribution in [0.1, 0.15) is 64.2 Å². The summed E-state index contributed by atoms with van der Waals surface area (Å²) in [5, 5.41) is 13.9. The molecule has 0 radical (unpaired) electrons. The highest BCUT2D eigenvalue weighted by molar-refractivity contribution is 7.80. The van der Waals surface area contributed by atoms with Crippen molar-refractivity contribution in [2.45, 2.75) is 82.6 Å². The van der Waals surface area contributed by atoms with Crippen LogP contribution in [0.4, 0.5) is 0 Å². The van der Waals surface area contributed by atoms with Gasteiger partial charge in [-0.2, -0.15) is 0 Å². The molecule has 0 bridgehead atoms. The lowest BCUT2D eigenvalue weighted by Crippen LogP contribution is -2.57. The molecule has 19 heavy (non-hydrogen) atoms. The Hall–Kier alpha value is -0.390. The van der Waals surface area contributed by atoms with Crippen molar-refractivity contribution < 1.29 is 5.11 Å². The molecule has 0 saturated heterocycles. The standard InChI is InChI=1S/C14H27N3OS/c15-13(18)17(12-9-5-2-6-10-12)14(19)16-11-7-3-1-4-8-11/h11-13,18H,1-10,15H2,(H,16,19). The van der Waals surface area contributed by atoms with E-state index in [-0.39, 0.29) is 0 Å². The molecule has 4 nitrogen and oxygen atoms in total. The summed E-state index contributed by atoms with van der Waals surface area (Å²) in [6, 6.07) is 0.767. The third-order valence-electron chi connectivity index (χ3n) is 4.42. The Bertz CT molecular complexity index is 286. The summed E-state index contributed by atoms with van der Waals surface area (Å²) < 4.78 is 0. The summed E-state index contributed by atoms with van der Waals surface area (Å²) in [7, 11) is 0. The maximum absolute atomic E-state index is 9.84. The van der Waals surface area contributed by atoms with Gasteiger partial charge in [0.15, 0.2) is 11.5 Å². The summed E-state index contributed by atoms with van der Waals surface area (Å²) in [5.74, 6) is 0. The smallest absolute Gasteiger partial charge is 0.183 e. The Morgan fingerprint density at radius 3 is 2.11 bits per heavy atom. The molecule has 2 rings (SSSR count). The average molecular weight is 285 g/mol. The third-order valence-corrected chi connectivity index (χ3v) is 4.75. The predicted octanol–water partition coefficient (Wildman–Crippen LogP) is 2.06. The molecular formula is C14H27N3OS. The summed E-state index contributed by atoms with van der Waals surface area (Å²) >= 11 is 5.49. The van der Waals surface area contributed by atoms with E-state index in [1.165, 1.54) is 51.4 Å². The molecule has 4 N–H and O–H groups in total. The van der Waals surface area contributed by atoms with E-state index >= 15 is 0 Å². The van der Waals surface area contributed by atoms with Gasteiger partial charge in [-0.05, 0) is 37.9 Å². The molecule has 0 amide bonds. The van der Waals surface area contributed by atoms with Gasteiger partial charge in [-0.3, -0.25) is 5.73 Å². The fourth-order valence-electron chi connectivity index (χ4n) is 3.36. The molecule has 2 aliphatic carbocycles. The van der Waals surface area contributed by atoms with Gasteiger partial charge in [-0.15, -0.1) is 0 Å². The highest BCUT2D eigenvalue weighted by atomic mass is 32.1. The number of nitrogens with two attached hydrogens (primary N) is 1. The summed E-state index contributed by atoms with van der Waals surface area (Å²) in [5.41, 5.74) is 5.73. The molecule has 0 heterocycles. The van der Waals surface area contributed by atoms with Crippen LogP contribution in [0.3, 0.4) is 0 Å². The topological polar surface area (TPSA) is 61.5 Å². The molecule has 0 aromatic rings. The number of nitrogens with zero attached hydrogens (tertiary/aromatic N) is 1. The maximum Gasteiger partial charge on any atom is 0.183 e. The quantitative estimate of drug-likeness (QED) is 0.547. The lowest BCUT2D eigenvalue weighted by atomic mass is 9.94. The second-order valence-electron chi connectivity index (χ2n) is 5.90. The highest BCUT2D eigenvalue weighted by Gasteiger charge is 2.28. The van der Waals surface area contributed by atoms with E-state index in [0.717, 1.165) is 12.8 Å². The van der Waals surface area contributed by atoms with Gasteiger partial charge in [0, 0.05) is 12.1 Å². The zero-order valence-corrected chi connectivity index (χ0v) is 12.5. The molecule has 1 atom stereocenters. The van der Waals surface area contributed by atoms with Crippen molar-refractivity contribution in [3.63, 3.8) is 0 Å². The highest BCUT2D eigenvalue weighted by Crippen LogP contribution is 2.24. The second kappa shape index (κ2) is 7.41. The van der Waals surface area contributed by atoms with Gasteiger partial charge < -0.3 is 15.3 Å². The first kappa shape index (κ1) is 15.0. The van der Waals surface area contributed by atoms with Gasteiger partial charge in [0.1, 0.15) is 0 Å². The summed E-state index contributed by atoms with van der Waals surface area (Å²) in [6.45, 7) is 0. The van der Waals surface area contributed by atoms with Crippen LogP contribution in [-0.2, 0) is 0 Å². The molecule has 2 aliphatic rings. The maximum atomic E-state index is 9.84. The van der Waals surface area contributed by atoms with Crippen LogP contribution in [0.2, 0.25) is 0 Å². The van der Waals surface area contributed by atoms with Crippen molar-refractivity contribution in [3.8, 4) is 0 Å². The number of aliphatic hydroxyl groups is 1. The van der Waals surface area contributed by atoms with Gasteiger partial charge in [-0.1, -0.05) is 38.5 Å². The van der Waals surface area contributed by atoms with E-state index in [2.05, 4.69) is 5.32 Å². The van der Waals surface area contributed by atoms with Gasteiger partial charge >= 0.3 is 0 Å². The zero-order valence-electron chi connectivity index (χ0n) is 11.7. The Kier molecular flexibility index (Phi) is 5.85. The third kappa shape index (κ3) is 4.29. The molecule has 2 saturated carbocycles.